The number of aryl methyl sites for hydroxylation is 3. The summed E-state index contributed by atoms with van der Waals surface area (Å²) in [5.41, 5.74) is 5.19. The summed E-state index contributed by atoms with van der Waals surface area (Å²) in [6.45, 7) is 5.39. The van der Waals surface area contributed by atoms with Crippen LogP contribution in [-0.4, -0.2) is 39.3 Å². The molecule has 0 bridgehead atoms. The molecule has 2 fully saturated rings. The molecule has 2 heterocycles. The Morgan fingerprint density at radius 2 is 2.06 bits per heavy atom. The Morgan fingerprint density at radius 3 is 2.71 bits per heavy atom. The van der Waals surface area contributed by atoms with Gasteiger partial charge in [0.25, 0.3) is 5.91 Å². The second-order valence-corrected chi connectivity index (χ2v) is 11.3. The van der Waals surface area contributed by atoms with E-state index in [9.17, 15) is 9.59 Å². The maximum absolute atomic E-state index is 13.4. The molecular weight excluding hydrogens is 482 g/mol. The summed E-state index contributed by atoms with van der Waals surface area (Å²) in [6.07, 6.45) is 6.46. The summed E-state index contributed by atoms with van der Waals surface area (Å²) >= 11 is 7.18. The smallest absolute Gasteiger partial charge is 0.254 e. The molecule has 2 saturated carbocycles. The van der Waals surface area contributed by atoms with E-state index in [0.29, 0.717) is 41.1 Å². The Kier molecular flexibility index (Phi) is 6.82. The fraction of sp³-hybridized carbons (Fsp3) is 0.583. The van der Waals surface area contributed by atoms with E-state index < -0.39 is 0 Å². The lowest BCUT2D eigenvalue weighted by molar-refractivity contribution is -0.117. The van der Waals surface area contributed by atoms with Crippen molar-refractivity contribution >= 4 is 51.3 Å². The highest BCUT2D eigenvalue weighted by Gasteiger charge is 2.36. The van der Waals surface area contributed by atoms with Gasteiger partial charge < -0.3 is 16.1 Å². The molecule has 0 aromatic carbocycles. The number of nitrogens with zero attached hydrogens (tertiary/aromatic N) is 3. The molecule has 2 amide bonds. The number of hydrogen-bond acceptors (Lipinski definition) is 6. The average molecular weight is 516 g/mol. The van der Waals surface area contributed by atoms with Crippen LogP contribution in [0.2, 0.25) is 0 Å². The number of rotatable bonds is 8. The predicted octanol–water partition coefficient (Wildman–Crippen LogP) is 2.87. The summed E-state index contributed by atoms with van der Waals surface area (Å²) in [5, 5.41) is 11.9. The minimum Gasteiger partial charge on any atom is -0.352 e. The lowest BCUT2D eigenvalue weighted by Gasteiger charge is -2.35. The predicted molar refractivity (Wildman–Crippen MR) is 142 cm³/mol. The lowest BCUT2D eigenvalue weighted by atomic mass is 9.90. The largest absolute Gasteiger partial charge is 0.352 e. The molecule has 1 atom stereocenters. The zero-order valence-electron chi connectivity index (χ0n) is 20.2. The highest BCUT2D eigenvalue weighted by molar-refractivity contribution is 7.80. The Bertz CT molecular complexity index is 1150. The number of nitrogens with one attached hydrogen (secondary N) is 3. The van der Waals surface area contributed by atoms with Crippen LogP contribution in [0.15, 0.2) is 6.07 Å². The van der Waals surface area contributed by atoms with Crippen molar-refractivity contribution in [3.05, 3.63) is 27.8 Å². The zero-order chi connectivity index (χ0) is 24.7. The van der Waals surface area contributed by atoms with E-state index in [0.717, 1.165) is 47.6 Å². The van der Waals surface area contributed by atoms with E-state index in [1.54, 1.807) is 11.3 Å². The minimum absolute atomic E-state index is 0.00372. The molecule has 2 aromatic heterocycles. The number of aromatic nitrogens is 2. The second-order valence-electron chi connectivity index (χ2n) is 9.80. The van der Waals surface area contributed by atoms with Crippen LogP contribution in [0.5, 0.6) is 0 Å². The molecule has 188 valence electrons. The van der Waals surface area contributed by atoms with Crippen molar-refractivity contribution in [3.8, 4) is 0 Å². The summed E-state index contributed by atoms with van der Waals surface area (Å²) in [5.74, 6) is 7.25. The first-order valence-electron chi connectivity index (χ1n) is 12.5. The monoisotopic (exact) mass is 515 g/mol. The highest BCUT2D eigenvalue weighted by Crippen LogP contribution is 2.41. The van der Waals surface area contributed by atoms with Crippen molar-refractivity contribution < 1.29 is 9.59 Å². The maximum Gasteiger partial charge on any atom is 0.254 e. The Hall–Kier alpha value is -2.50. The van der Waals surface area contributed by atoms with Gasteiger partial charge in [-0.05, 0) is 82.5 Å². The quantitative estimate of drug-likeness (QED) is 0.243. The van der Waals surface area contributed by atoms with Crippen LogP contribution in [-0.2, 0) is 24.2 Å². The number of amides is 2. The van der Waals surface area contributed by atoms with Crippen molar-refractivity contribution in [3.63, 3.8) is 0 Å². The first-order valence-corrected chi connectivity index (χ1v) is 13.7. The number of thiophene rings is 1. The minimum atomic E-state index is -0.0957. The van der Waals surface area contributed by atoms with Gasteiger partial charge in [-0.3, -0.25) is 14.5 Å². The SMILES string of the molecule is CCn1nc(C)cc1N(C(=S)NN)[C@H]1CCc2sc(NC(=O)C3CC3)c(C(=O)NCC3CC3)c2C1. The van der Waals surface area contributed by atoms with Crippen LogP contribution in [0.25, 0.3) is 0 Å². The molecule has 9 nitrogen and oxygen atoms in total. The molecule has 0 saturated heterocycles. The highest BCUT2D eigenvalue weighted by atomic mass is 32.1. The van der Waals surface area contributed by atoms with Gasteiger partial charge >= 0.3 is 0 Å². The average Bonchev–Trinajstić information content (AvgIpc) is 3.77. The summed E-state index contributed by atoms with van der Waals surface area (Å²) in [6, 6.07) is 2.02. The van der Waals surface area contributed by atoms with Gasteiger partial charge in [0.1, 0.15) is 10.8 Å². The lowest BCUT2D eigenvalue weighted by Crippen LogP contribution is -2.51. The Balaban J connectivity index is 1.47. The molecule has 3 aliphatic carbocycles. The van der Waals surface area contributed by atoms with Crippen LogP contribution in [0.3, 0.4) is 0 Å². The van der Waals surface area contributed by atoms with Gasteiger partial charge in [-0.1, -0.05) is 0 Å². The molecule has 5 rings (SSSR count). The van der Waals surface area contributed by atoms with Gasteiger partial charge in [0, 0.05) is 36.0 Å². The first kappa shape index (κ1) is 24.2. The molecule has 0 aliphatic heterocycles. The fourth-order valence-electron chi connectivity index (χ4n) is 4.81. The third-order valence-corrected chi connectivity index (χ3v) is 8.55. The summed E-state index contributed by atoms with van der Waals surface area (Å²) in [7, 11) is 0. The maximum atomic E-state index is 13.4. The number of thiocarbonyl (C=S) groups is 1. The van der Waals surface area contributed by atoms with Crippen LogP contribution >= 0.6 is 23.6 Å². The van der Waals surface area contributed by atoms with Crippen molar-refractivity contribution in [1.82, 2.24) is 20.5 Å². The number of carbonyl (C=O) groups is 2. The molecule has 3 aliphatic rings. The summed E-state index contributed by atoms with van der Waals surface area (Å²) in [4.78, 5) is 29.2. The van der Waals surface area contributed by atoms with Gasteiger partial charge in [-0.15, -0.1) is 11.3 Å². The topological polar surface area (TPSA) is 117 Å². The van der Waals surface area contributed by atoms with Crippen LogP contribution < -0.4 is 26.8 Å². The molecule has 5 N–H and O–H groups in total. The number of hydrazine groups is 1. The fourth-order valence-corrected chi connectivity index (χ4v) is 6.29. The van der Waals surface area contributed by atoms with Crippen LogP contribution in [0, 0.1) is 18.8 Å². The number of fused-ring (bicyclic) bond motifs is 1. The van der Waals surface area contributed by atoms with Crippen molar-refractivity contribution in [2.24, 2.45) is 17.7 Å². The molecule has 2 aromatic rings. The van der Waals surface area contributed by atoms with Crippen molar-refractivity contribution in [1.29, 1.82) is 0 Å². The molecule has 0 unspecified atom stereocenters. The van der Waals surface area contributed by atoms with E-state index in [1.165, 1.54) is 12.8 Å². The van der Waals surface area contributed by atoms with Gasteiger partial charge in [-0.25, -0.2) is 10.5 Å². The van der Waals surface area contributed by atoms with E-state index in [-0.39, 0.29) is 23.8 Å². The Morgan fingerprint density at radius 1 is 1.29 bits per heavy atom. The molecule has 0 radical (unpaired) electrons. The second kappa shape index (κ2) is 9.87. The van der Waals surface area contributed by atoms with Crippen LogP contribution in [0.1, 0.15) is 65.5 Å². The van der Waals surface area contributed by atoms with Crippen molar-refractivity contribution in [2.45, 2.75) is 71.4 Å². The molecule has 35 heavy (non-hydrogen) atoms. The van der Waals surface area contributed by atoms with Gasteiger partial charge in [0.15, 0.2) is 5.11 Å². The van der Waals surface area contributed by atoms with Crippen molar-refractivity contribution in [2.75, 3.05) is 16.8 Å². The standard InChI is InChI=1S/C24H33N7O2S2/c1-3-30-19(10-13(2)29-30)31(24(34)28-25)16-8-9-18-17(11-16)20(22(33)26-12-14-4-5-14)23(35-18)27-21(32)15-6-7-15/h10,14-16H,3-9,11-12,25H2,1-2H3,(H,26,33)(H,27,32)(H,28,34)/t16-/m0/s1. The van der Waals surface area contributed by atoms with E-state index in [2.05, 4.69) is 21.2 Å². The molecular formula is C24H33N7O2S2. The Labute approximate surface area is 214 Å². The first-order chi connectivity index (χ1) is 16.9. The van der Waals surface area contributed by atoms with Crippen LogP contribution in [0.4, 0.5) is 10.8 Å². The molecule has 0 spiro atoms. The normalized spacial score (nSPS) is 19.1. The zero-order valence-corrected chi connectivity index (χ0v) is 21.9. The number of hydrogen-bond donors (Lipinski definition) is 4. The third-order valence-electron chi connectivity index (χ3n) is 7.03. The number of anilines is 2. The van der Waals surface area contributed by atoms with Gasteiger partial charge in [-0.2, -0.15) is 5.10 Å². The third kappa shape index (κ3) is 5.07. The number of carbonyl (C=O) groups excluding carboxylic acids is 2. The summed E-state index contributed by atoms with van der Waals surface area (Å²) < 4.78 is 1.92. The van der Waals surface area contributed by atoms with E-state index in [1.807, 2.05) is 29.5 Å². The van der Waals surface area contributed by atoms with E-state index >= 15 is 0 Å². The van der Waals surface area contributed by atoms with E-state index in [4.69, 9.17) is 18.1 Å². The number of nitrogens with two attached hydrogens (primary N) is 1. The van der Waals surface area contributed by atoms with Gasteiger partial charge in [0.2, 0.25) is 5.91 Å². The molecule has 11 heteroatoms. The van der Waals surface area contributed by atoms with Gasteiger partial charge in [0.05, 0.1) is 11.3 Å².